The summed E-state index contributed by atoms with van der Waals surface area (Å²) < 4.78 is 1.26. The maximum absolute atomic E-state index is 3.60. The molecule has 2 rings (SSSR count). The third-order valence-corrected chi connectivity index (χ3v) is 4.85. The second-order valence-electron chi connectivity index (χ2n) is 3.99. The molecule has 1 aliphatic carbocycles. The maximum atomic E-state index is 3.60. The van der Waals surface area contributed by atoms with Crippen LogP contribution < -0.4 is 5.32 Å². The quantitative estimate of drug-likeness (QED) is 0.857. The van der Waals surface area contributed by atoms with Crippen molar-refractivity contribution in [3.05, 3.63) is 20.8 Å². The van der Waals surface area contributed by atoms with Crippen molar-refractivity contribution in [2.75, 3.05) is 7.05 Å². The van der Waals surface area contributed by atoms with E-state index in [1.807, 2.05) is 11.3 Å². The van der Waals surface area contributed by atoms with E-state index < -0.39 is 0 Å². The fraction of sp³-hybridized carbons (Fsp3) is 0.636. The summed E-state index contributed by atoms with van der Waals surface area (Å²) in [6, 6.07) is 2.69. The minimum absolute atomic E-state index is 0.546. The van der Waals surface area contributed by atoms with Gasteiger partial charge in [0.25, 0.3) is 0 Å². The molecule has 0 aliphatic heterocycles. The predicted octanol–water partition coefficient (Wildman–Crippen LogP) is 3.96. The first kappa shape index (κ1) is 10.7. The van der Waals surface area contributed by atoms with Crippen LogP contribution in [0.15, 0.2) is 15.9 Å². The molecule has 1 atom stereocenters. The number of thiophene rings is 1. The molecule has 0 aromatic carbocycles. The van der Waals surface area contributed by atoms with E-state index >= 15 is 0 Å². The van der Waals surface area contributed by atoms with Gasteiger partial charge in [-0.15, -0.1) is 11.3 Å². The molecule has 1 aromatic rings. The van der Waals surface area contributed by atoms with E-state index in [0.717, 1.165) is 5.92 Å². The summed E-state index contributed by atoms with van der Waals surface area (Å²) in [6.07, 6.45) is 5.58. The Balaban J connectivity index is 1.93. The van der Waals surface area contributed by atoms with Gasteiger partial charge in [-0.1, -0.05) is 12.8 Å². The normalized spacial score (nSPS) is 18.4. The van der Waals surface area contributed by atoms with Crippen LogP contribution in [-0.2, 0) is 0 Å². The minimum atomic E-state index is 0.546. The lowest BCUT2D eigenvalue weighted by atomic mass is 10.1. The highest BCUT2D eigenvalue weighted by Crippen LogP contribution is 2.38. The number of nitrogens with one attached hydrogen (secondary N) is 1. The van der Waals surface area contributed by atoms with Crippen LogP contribution in [0.3, 0.4) is 0 Å². The summed E-state index contributed by atoms with van der Waals surface area (Å²) in [6.45, 7) is 0. The molecule has 78 valence electrons. The van der Waals surface area contributed by atoms with Crippen molar-refractivity contribution in [3.8, 4) is 0 Å². The smallest absolute Gasteiger partial charge is 0.0423 e. The fourth-order valence-electron chi connectivity index (χ4n) is 1.77. The summed E-state index contributed by atoms with van der Waals surface area (Å²) in [7, 11) is 2.06. The summed E-state index contributed by atoms with van der Waals surface area (Å²) in [4.78, 5) is 1.45. The van der Waals surface area contributed by atoms with Crippen LogP contribution in [0.25, 0.3) is 0 Å². The molecule has 0 bridgehead atoms. The SMILES string of the molecule is CNC(CCC1CC1)c1sccc1Br. The third kappa shape index (κ3) is 2.59. The zero-order chi connectivity index (χ0) is 9.97. The van der Waals surface area contributed by atoms with Gasteiger partial charge in [0.05, 0.1) is 0 Å². The van der Waals surface area contributed by atoms with Gasteiger partial charge in [0.1, 0.15) is 0 Å². The van der Waals surface area contributed by atoms with Crippen molar-refractivity contribution < 1.29 is 0 Å². The predicted molar refractivity (Wildman–Crippen MR) is 65.8 cm³/mol. The van der Waals surface area contributed by atoms with E-state index in [9.17, 15) is 0 Å². The molecule has 14 heavy (non-hydrogen) atoms. The van der Waals surface area contributed by atoms with Crippen LogP contribution in [-0.4, -0.2) is 7.05 Å². The van der Waals surface area contributed by atoms with Crippen LogP contribution in [0.2, 0.25) is 0 Å². The summed E-state index contributed by atoms with van der Waals surface area (Å²) in [5.41, 5.74) is 0. The zero-order valence-electron chi connectivity index (χ0n) is 8.42. The van der Waals surface area contributed by atoms with Crippen molar-refractivity contribution in [3.63, 3.8) is 0 Å². The standard InChI is InChI=1S/C11H16BrNS/c1-13-10(5-4-8-2-3-8)11-9(12)6-7-14-11/h6-8,10,13H,2-5H2,1H3. The minimum Gasteiger partial charge on any atom is -0.312 e. The van der Waals surface area contributed by atoms with E-state index in [-0.39, 0.29) is 0 Å². The summed E-state index contributed by atoms with van der Waals surface area (Å²) in [5, 5.41) is 5.56. The summed E-state index contributed by atoms with van der Waals surface area (Å²) in [5.74, 6) is 1.03. The monoisotopic (exact) mass is 273 g/mol. The van der Waals surface area contributed by atoms with Gasteiger partial charge in [-0.2, -0.15) is 0 Å². The first-order valence-electron chi connectivity index (χ1n) is 5.21. The Labute approximate surface area is 98.0 Å². The average Bonchev–Trinajstić information content (AvgIpc) is 2.92. The largest absolute Gasteiger partial charge is 0.312 e. The van der Waals surface area contributed by atoms with E-state index in [2.05, 4.69) is 39.7 Å². The molecule has 0 spiro atoms. The van der Waals surface area contributed by atoms with Crippen molar-refractivity contribution in [1.29, 1.82) is 0 Å². The first-order valence-corrected chi connectivity index (χ1v) is 6.88. The van der Waals surface area contributed by atoms with Crippen LogP contribution >= 0.6 is 27.3 Å². The van der Waals surface area contributed by atoms with Gasteiger partial charge in [-0.25, -0.2) is 0 Å². The Morgan fingerprint density at radius 3 is 2.93 bits per heavy atom. The molecule has 0 saturated heterocycles. The van der Waals surface area contributed by atoms with Crippen LogP contribution in [0.4, 0.5) is 0 Å². The second-order valence-corrected chi connectivity index (χ2v) is 5.80. The Bertz CT molecular complexity index is 293. The van der Waals surface area contributed by atoms with Crippen molar-refractivity contribution >= 4 is 27.3 Å². The molecule has 1 aromatic heterocycles. The van der Waals surface area contributed by atoms with Crippen LogP contribution in [0.1, 0.15) is 36.6 Å². The molecule has 1 saturated carbocycles. The Hall–Kier alpha value is 0.140. The highest BCUT2D eigenvalue weighted by Gasteiger charge is 2.23. The maximum Gasteiger partial charge on any atom is 0.0423 e. The van der Waals surface area contributed by atoms with Crippen LogP contribution in [0, 0.1) is 5.92 Å². The molecular formula is C11H16BrNS. The van der Waals surface area contributed by atoms with Gasteiger partial charge in [0.2, 0.25) is 0 Å². The average molecular weight is 274 g/mol. The van der Waals surface area contributed by atoms with Gasteiger partial charge in [-0.05, 0) is 53.2 Å². The van der Waals surface area contributed by atoms with E-state index in [0.29, 0.717) is 6.04 Å². The van der Waals surface area contributed by atoms with Crippen molar-refractivity contribution in [2.45, 2.75) is 31.7 Å². The topological polar surface area (TPSA) is 12.0 Å². The van der Waals surface area contributed by atoms with Gasteiger partial charge in [-0.3, -0.25) is 0 Å². The third-order valence-electron chi connectivity index (χ3n) is 2.87. The highest BCUT2D eigenvalue weighted by atomic mass is 79.9. The molecule has 1 heterocycles. The fourth-order valence-corrected chi connectivity index (χ4v) is 3.56. The molecular weight excluding hydrogens is 258 g/mol. The Kier molecular flexibility index (Phi) is 3.63. The lowest BCUT2D eigenvalue weighted by Crippen LogP contribution is -2.15. The molecule has 3 heteroatoms. The lowest BCUT2D eigenvalue weighted by Gasteiger charge is -2.14. The number of hydrogen-bond acceptors (Lipinski definition) is 2. The Morgan fingerprint density at radius 2 is 2.43 bits per heavy atom. The van der Waals surface area contributed by atoms with Gasteiger partial charge in [0, 0.05) is 15.4 Å². The number of hydrogen-bond donors (Lipinski definition) is 1. The van der Waals surface area contributed by atoms with Gasteiger partial charge < -0.3 is 5.32 Å². The molecule has 1 N–H and O–H groups in total. The highest BCUT2D eigenvalue weighted by molar-refractivity contribution is 9.10. The molecule has 1 aliphatic rings. The number of halogens is 1. The van der Waals surface area contributed by atoms with E-state index in [1.54, 1.807) is 0 Å². The van der Waals surface area contributed by atoms with Gasteiger partial charge >= 0.3 is 0 Å². The molecule has 1 nitrogen and oxygen atoms in total. The molecule has 0 amide bonds. The van der Waals surface area contributed by atoms with Crippen LogP contribution in [0.5, 0.6) is 0 Å². The lowest BCUT2D eigenvalue weighted by molar-refractivity contribution is 0.512. The molecule has 0 radical (unpaired) electrons. The second kappa shape index (κ2) is 4.77. The molecule has 1 unspecified atom stereocenters. The number of rotatable bonds is 5. The summed E-state index contributed by atoms with van der Waals surface area (Å²) >= 11 is 5.45. The van der Waals surface area contributed by atoms with Crippen molar-refractivity contribution in [1.82, 2.24) is 5.32 Å². The zero-order valence-corrected chi connectivity index (χ0v) is 10.8. The first-order chi connectivity index (χ1) is 6.81. The van der Waals surface area contributed by atoms with Gasteiger partial charge in [0.15, 0.2) is 0 Å². The Morgan fingerprint density at radius 1 is 1.64 bits per heavy atom. The van der Waals surface area contributed by atoms with E-state index in [4.69, 9.17) is 0 Å². The van der Waals surface area contributed by atoms with E-state index in [1.165, 1.54) is 35.0 Å². The molecule has 1 fully saturated rings. The van der Waals surface area contributed by atoms with Crippen molar-refractivity contribution in [2.24, 2.45) is 5.92 Å².